The summed E-state index contributed by atoms with van der Waals surface area (Å²) in [6.07, 6.45) is 0. The summed E-state index contributed by atoms with van der Waals surface area (Å²) in [4.78, 5) is 14.1. The van der Waals surface area contributed by atoms with Crippen molar-refractivity contribution >= 4 is 5.82 Å². The highest BCUT2D eigenvalue weighted by molar-refractivity contribution is 5.58. The second-order valence-electron chi connectivity index (χ2n) is 3.68. The van der Waals surface area contributed by atoms with Gasteiger partial charge in [0.05, 0.1) is 6.07 Å². The Kier molecular flexibility index (Phi) is 2.53. The lowest BCUT2D eigenvalue weighted by Crippen LogP contribution is -1.86. The van der Waals surface area contributed by atoms with E-state index in [4.69, 9.17) is 4.52 Å². The second kappa shape index (κ2) is 4.33. The number of aromatic amines is 1. The van der Waals surface area contributed by atoms with Gasteiger partial charge < -0.3 is 14.6 Å². The standard InChI is InChI=1S/C11H7N5O3/c17-16(18)9-6-8(13-14-9)11-12-10(15-19-11)7-4-2-1-3-5-7/h1-6H,(H,13,14). The van der Waals surface area contributed by atoms with Crippen LogP contribution in [0.5, 0.6) is 0 Å². The first-order valence-corrected chi connectivity index (χ1v) is 5.33. The van der Waals surface area contributed by atoms with Crippen molar-refractivity contribution < 1.29 is 9.45 Å². The largest absolute Gasteiger partial charge is 0.358 e. The molecule has 0 saturated carbocycles. The summed E-state index contributed by atoms with van der Waals surface area (Å²) >= 11 is 0. The zero-order valence-electron chi connectivity index (χ0n) is 9.48. The minimum atomic E-state index is -0.578. The van der Waals surface area contributed by atoms with Crippen molar-refractivity contribution in [2.24, 2.45) is 0 Å². The number of H-pyrrole nitrogens is 1. The molecule has 0 spiro atoms. The molecule has 0 fully saturated rings. The first kappa shape index (κ1) is 11.1. The van der Waals surface area contributed by atoms with Crippen LogP contribution in [0.4, 0.5) is 5.82 Å². The Morgan fingerprint density at radius 2 is 2.05 bits per heavy atom. The molecule has 0 amide bonds. The van der Waals surface area contributed by atoms with E-state index in [-0.39, 0.29) is 17.4 Å². The fourth-order valence-corrected chi connectivity index (χ4v) is 1.55. The SMILES string of the molecule is O=[N+]([O-])c1cc(-c2nc(-c3ccccc3)no2)n[nH]1. The van der Waals surface area contributed by atoms with Gasteiger partial charge in [-0.05, 0) is 4.92 Å². The fraction of sp³-hybridized carbons (Fsp3) is 0. The quantitative estimate of drug-likeness (QED) is 0.567. The molecule has 8 nitrogen and oxygen atoms in total. The maximum atomic E-state index is 10.5. The molecule has 94 valence electrons. The van der Waals surface area contributed by atoms with Crippen LogP contribution in [0.2, 0.25) is 0 Å². The highest BCUT2D eigenvalue weighted by Gasteiger charge is 2.17. The van der Waals surface area contributed by atoms with Gasteiger partial charge in [0, 0.05) is 5.56 Å². The summed E-state index contributed by atoms with van der Waals surface area (Å²) in [5.74, 6) is 0.305. The Balaban J connectivity index is 1.94. The number of nitrogens with zero attached hydrogens (tertiary/aromatic N) is 4. The predicted octanol–water partition coefficient (Wildman–Crippen LogP) is 2.03. The molecule has 2 aromatic heterocycles. The second-order valence-corrected chi connectivity index (χ2v) is 3.68. The number of aromatic nitrogens is 4. The lowest BCUT2D eigenvalue weighted by Gasteiger charge is -1.89. The van der Waals surface area contributed by atoms with E-state index in [1.807, 2.05) is 30.3 Å². The molecule has 1 N–H and O–H groups in total. The summed E-state index contributed by atoms with van der Waals surface area (Å²) in [6, 6.07) is 10.5. The molecule has 0 aliphatic carbocycles. The molecule has 0 atom stereocenters. The first-order chi connectivity index (χ1) is 9.24. The molecule has 0 saturated heterocycles. The average Bonchev–Trinajstić information content (AvgIpc) is 3.09. The Labute approximate surface area is 106 Å². The highest BCUT2D eigenvalue weighted by atomic mass is 16.6. The summed E-state index contributed by atoms with van der Waals surface area (Å²) in [6.45, 7) is 0. The van der Waals surface area contributed by atoms with Gasteiger partial charge in [0.1, 0.15) is 0 Å². The number of rotatable bonds is 3. The average molecular weight is 257 g/mol. The third-order valence-electron chi connectivity index (χ3n) is 2.44. The van der Waals surface area contributed by atoms with Gasteiger partial charge >= 0.3 is 5.82 Å². The lowest BCUT2D eigenvalue weighted by atomic mass is 10.2. The summed E-state index contributed by atoms with van der Waals surface area (Å²) in [5, 5.41) is 20.4. The third-order valence-corrected chi connectivity index (χ3v) is 2.44. The maximum absolute atomic E-state index is 10.5. The van der Waals surface area contributed by atoms with Gasteiger partial charge in [-0.25, -0.2) is 0 Å². The van der Waals surface area contributed by atoms with Crippen LogP contribution in [0.1, 0.15) is 0 Å². The van der Waals surface area contributed by atoms with Crippen LogP contribution in [0.15, 0.2) is 40.9 Å². The highest BCUT2D eigenvalue weighted by Crippen LogP contribution is 2.22. The third kappa shape index (κ3) is 2.06. The molecule has 19 heavy (non-hydrogen) atoms. The van der Waals surface area contributed by atoms with Crippen LogP contribution in [0, 0.1) is 10.1 Å². The number of hydrogen-bond donors (Lipinski definition) is 1. The molecule has 0 bridgehead atoms. The van der Waals surface area contributed by atoms with Crippen molar-refractivity contribution in [2.75, 3.05) is 0 Å². The lowest BCUT2D eigenvalue weighted by molar-refractivity contribution is -0.389. The van der Waals surface area contributed by atoms with E-state index in [0.717, 1.165) is 5.56 Å². The molecule has 8 heteroatoms. The Morgan fingerprint density at radius 3 is 2.74 bits per heavy atom. The molecular weight excluding hydrogens is 250 g/mol. The van der Waals surface area contributed by atoms with Crippen molar-refractivity contribution in [3.05, 3.63) is 46.5 Å². The zero-order valence-corrected chi connectivity index (χ0v) is 9.48. The number of benzene rings is 1. The van der Waals surface area contributed by atoms with Gasteiger partial charge in [-0.1, -0.05) is 40.6 Å². The van der Waals surface area contributed by atoms with E-state index < -0.39 is 4.92 Å². The van der Waals surface area contributed by atoms with E-state index in [9.17, 15) is 10.1 Å². The molecule has 0 aliphatic heterocycles. The molecule has 3 rings (SSSR count). The van der Waals surface area contributed by atoms with Gasteiger partial charge in [0.15, 0.2) is 5.69 Å². The normalized spacial score (nSPS) is 10.5. The van der Waals surface area contributed by atoms with E-state index >= 15 is 0 Å². The summed E-state index contributed by atoms with van der Waals surface area (Å²) in [7, 11) is 0. The molecule has 1 aromatic carbocycles. The first-order valence-electron chi connectivity index (χ1n) is 5.33. The topological polar surface area (TPSA) is 111 Å². The maximum Gasteiger partial charge on any atom is 0.343 e. The van der Waals surface area contributed by atoms with Crippen molar-refractivity contribution in [2.45, 2.75) is 0 Å². The van der Waals surface area contributed by atoms with Crippen molar-refractivity contribution in [1.82, 2.24) is 20.3 Å². The van der Waals surface area contributed by atoms with Gasteiger partial charge in [-0.2, -0.15) is 4.98 Å². The molecule has 2 heterocycles. The van der Waals surface area contributed by atoms with Crippen molar-refractivity contribution in [3.63, 3.8) is 0 Å². The van der Waals surface area contributed by atoms with Crippen LogP contribution >= 0.6 is 0 Å². The van der Waals surface area contributed by atoms with Crippen LogP contribution in [0.25, 0.3) is 23.0 Å². The number of nitro groups is 1. The van der Waals surface area contributed by atoms with Crippen molar-refractivity contribution in [3.8, 4) is 23.0 Å². The van der Waals surface area contributed by atoms with Crippen LogP contribution in [-0.2, 0) is 0 Å². The smallest absolute Gasteiger partial charge is 0.343 e. The molecule has 0 radical (unpaired) electrons. The van der Waals surface area contributed by atoms with Crippen molar-refractivity contribution in [1.29, 1.82) is 0 Å². The Morgan fingerprint density at radius 1 is 1.26 bits per heavy atom. The van der Waals surface area contributed by atoms with Crippen LogP contribution in [0.3, 0.4) is 0 Å². The van der Waals surface area contributed by atoms with Crippen LogP contribution in [-0.4, -0.2) is 25.3 Å². The van der Waals surface area contributed by atoms with E-state index in [2.05, 4.69) is 20.3 Å². The molecular formula is C11H7N5O3. The summed E-state index contributed by atoms with van der Waals surface area (Å²) < 4.78 is 5.03. The molecule has 0 unspecified atom stereocenters. The van der Waals surface area contributed by atoms with Gasteiger partial charge in [-0.3, -0.25) is 0 Å². The monoisotopic (exact) mass is 257 g/mol. The van der Waals surface area contributed by atoms with E-state index in [0.29, 0.717) is 5.82 Å². The Bertz CT molecular complexity index is 719. The van der Waals surface area contributed by atoms with Gasteiger partial charge in [0.2, 0.25) is 5.82 Å². The van der Waals surface area contributed by atoms with E-state index in [1.54, 1.807) is 0 Å². The number of nitrogens with one attached hydrogen (secondary N) is 1. The molecule has 0 aliphatic rings. The van der Waals surface area contributed by atoms with Gasteiger partial charge in [-0.15, -0.1) is 5.10 Å². The minimum Gasteiger partial charge on any atom is -0.358 e. The number of hydrogen-bond acceptors (Lipinski definition) is 6. The van der Waals surface area contributed by atoms with Crippen LogP contribution < -0.4 is 0 Å². The summed E-state index contributed by atoms with van der Waals surface area (Å²) in [5.41, 5.74) is 1.03. The fourth-order valence-electron chi connectivity index (χ4n) is 1.55. The zero-order chi connectivity index (χ0) is 13.2. The van der Waals surface area contributed by atoms with Gasteiger partial charge in [0.25, 0.3) is 5.89 Å². The Hall–Kier alpha value is -3.03. The molecule has 3 aromatic rings. The minimum absolute atomic E-state index is 0.128. The van der Waals surface area contributed by atoms with E-state index in [1.165, 1.54) is 6.07 Å². The predicted molar refractivity (Wildman–Crippen MR) is 64.0 cm³/mol.